The molecule has 1 aliphatic rings. The molecule has 0 saturated carbocycles. The molecule has 3 rings (SSSR count). The van der Waals surface area contributed by atoms with Crippen LogP contribution in [0, 0.1) is 6.92 Å². The Labute approximate surface area is 121 Å². The van der Waals surface area contributed by atoms with Gasteiger partial charge in [0.15, 0.2) is 0 Å². The van der Waals surface area contributed by atoms with Crippen LogP contribution in [-0.4, -0.2) is 0 Å². The Hall–Kier alpha value is -1.64. The predicted molar refractivity (Wildman–Crippen MR) is 83.4 cm³/mol. The third-order valence-corrected chi connectivity index (χ3v) is 4.41. The lowest BCUT2D eigenvalue weighted by Crippen LogP contribution is -2.29. The molecule has 0 aromatic heterocycles. The summed E-state index contributed by atoms with van der Waals surface area (Å²) < 4.78 is 0. The average Bonchev–Trinajstić information content (AvgIpc) is 2.94. The van der Waals surface area contributed by atoms with Gasteiger partial charge < -0.3 is 0 Å². The molecule has 2 aromatic rings. The van der Waals surface area contributed by atoms with Gasteiger partial charge in [0.1, 0.15) is 0 Å². The van der Waals surface area contributed by atoms with E-state index in [1.165, 1.54) is 47.1 Å². The first-order valence-corrected chi connectivity index (χ1v) is 7.40. The van der Waals surface area contributed by atoms with Crippen LogP contribution in [0.25, 0.3) is 0 Å². The Morgan fingerprint density at radius 1 is 1.10 bits per heavy atom. The van der Waals surface area contributed by atoms with Crippen molar-refractivity contribution in [2.45, 2.75) is 38.6 Å². The molecule has 2 heteroatoms. The van der Waals surface area contributed by atoms with Crippen LogP contribution >= 0.6 is 0 Å². The number of hydrazine groups is 1. The van der Waals surface area contributed by atoms with Crippen LogP contribution in [0.3, 0.4) is 0 Å². The maximum absolute atomic E-state index is 5.80. The van der Waals surface area contributed by atoms with E-state index >= 15 is 0 Å². The number of rotatable bonds is 4. The predicted octanol–water partition coefficient (Wildman–Crippen LogP) is 3.23. The van der Waals surface area contributed by atoms with E-state index in [0.29, 0.717) is 0 Å². The molecule has 2 aromatic carbocycles. The molecule has 0 radical (unpaired) electrons. The van der Waals surface area contributed by atoms with Gasteiger partial charge in [-0.3, -0.25) is 11.3 Å². The van der Waals surface area contributed by atoms with Crippen molar-refractivity contribution in [1.82, 2.24) is 5.43 Å². The van der Waals surface area contributed by atoms with Crippen molar-refractivity contribution in [1.29, 1.82) is 0 Å². The van der Waals surface area contributed by atoms with Crippen LogP contribution < -0.4 is 11.3 Å². The van der Waals surface area contributed by atoms with Gasteiger partial charge in [0.25, 0.3) is 0 Å². The van der Waals surface area contributed by atoms with Crippen molar-refractivity contribution in [2.24, 2.45) is 5.84 Å². The highest BCUT2D eigenvalue weighted by Crippen LogP contribution is 2.27. The lowest BCUT2D eigenvalue weighted by Gasteiger charge is -2.18. The molecule has 0 aliphatic heterocycles. The minimum atomic E-state index is 0.182. The third kappa shape index (κ3) is 2.62. The summed E-state index contributed by atoms with van der Waals surface area (Å²) in [5.74, 6) is 5.80. The average molecular weight is 266 g/mol. The first kappa shape index (κ1) is 13.3. The molecule has 0 spiro atoms. The molecule has 1 atom stereocenters. The fourth-order valence-electron chi connectivity index (χ4n) is 3.14. The Morgan fingerprint density at radius 2 is 1.90 bits per heavy atom. The first-order chi connectivity index (χ1) is 9.78. The lowest BCUT2D eigenvalue weighted by molar-refractivity contribution is 0.550. The molecule has 3 N–H and O–H groups in total. The fourth-order valence-corrected chi connectivity index (χ4v) is 3.14. The molecule has 20 heavy (non-hydrogen) atoms. The summed E-state index contributed by atoms with van der Waals surface area (Å²) in [6, 6.07) is 15.6. The summed E-state index contributed by atoms with van der Waals surface area (Å²) in [4.78, 5) is 0. The fraction of sp³-hybridized carbons (Fsp3) is 0.333. The highest BCUT2D eigenvalue weighted by molar-refractivity contribution is 5.37. The number of hydrogen-bond donors (Lipinski definition) is 2. The van der Waals surface area contributed by atoms with E-state index in [2.05, 4.69) is 54.8 Å². The molecular weight excluding hydrogens is 244 g/mol. The van der Waals surface area contributed by atoms with Crippen molar-refractivity contribution in [2.75, 3.05) is 0 Å². The molecule has 0 fully saturated rings. The van der Waals surface area contributed by atoms with Crippen LogP contribution in [-0.2, 0) is 19.3 Å². The van der Waals surface area contributed by atoms with Gasteiger partial charge in [0, 0.05) is 6.04 Å². The molecular formula is C18H22N2. The molecule has 0 heterocycles. The zero-order valence-corrected chi connectivity index (χ0v) is 12.0. The van der Waals surface area contributed by atoms with Gasteiger partial charge in [-0.2, -0.15) is 0 Å². The molecule has 104 valence electrons. The van der Waals surface area contributed by atoms with E-state index in [-0.39, 0.29) is 6.04 Å². The van der Waals surface area contributed by atoms with E-state index in [4.69, 9.17) is 5.84 Å². The first-order valence-electron chi connectivity index (χ1n) is 7.40. The van der Waals surface area contributed by atoms with Crippen molar-refractivity contribution in [3.8, 4) is 0 Å². The highest BCUT2D eigenvalue weighted by atomic mass is 15.2. The summed E-state index contributed by atoms with van der Waals surface area (Å²) in [7, 11) is 0. The van der Waals surface area contributed by atoms with E-state index in [9.17, 15) is 0 Å². The number of nitrogens with one attached hydrogen (secondary N) is 1. The summed E-state index contributed by atoms with van der Waals surface area (Å²) in [6.45, 7) is 2.16. The van der Waals surface area contributed by atoms with Crippen LogP contribution in [0.5, 0.6) is 0 Å². The second kappa shape index (κ2) is 5.78. The molecule has 0 amide bonds. The Bertz CT molecular complexity index is 604. The SMILES string of the molecule is Cc1ccccc1CC(NN)c1ccc2c(c1)CCC2. The van der Waals surface area contributed by atoms with E-state index in [1.807, 2.05) is 0 Å². The Kier molecular flexibility index (Phi) is 3.86. The molecule has 2 nitrogen and oxygen atoms in total. The van der Waals surface area contributed by atoms with Crippen molar-refractivity contribution < 1.29 is 0 Å². The van der Waals surface area contributed by atoms with Gasteiger partial charge in [-0.15, -0.1) is 0 Å². The van der Waals surface area contributed by atoms with Gasteiger partial charge in [-0.1, -0.05) is 42.5 Å². The monoisotopic (exact) mass is 266 g/mol. The van der Waals surface area contributed by atoms with Crippen LogP contribution in [0.4, 0.5) is 0 Å². The summed E-state index contributed by atoms with van der Waals surface area (Å²) in [5, 5.41) is 0. The topological polar surface area (TPSA) is 38.0 Å². The van der Waals surface area contributed by atoms with Crippen molar-refractivity contribution in [3.05, 3.63) is 70.3 Å². The number of nitrogens with two attached hydrogens (primary N) is 1. The van der Waals surface area contributed by atoms with Crippen molar-refractivity contribution in [3.63, 3.8) is 0 Å². The quantitative estimate of drug-likeness (QED) is 0.658. The Morgan fingerprint density at radius 3 is 2.70 bits per heavy atom. The van der Waals surface area contributed by atoms with Crippen LogP contribution in [0.2, 0.25) is 0 Å². The van der Waals surface area contributed by atoms with E-state index in [0.717, 1.165) is 6.42 Å². The number of aryl methyl sites for hydroxylation is 3. The molecule has 0 saturated heterocycles. The smallest absolute Gasteiger partial charge is 0.0500 e. The van der Waals surface area contributed by atoms with Crippen LogP contribution in [0.15, 0.2) is 42.5 Å². The summed E-state index contributed by atoms with van der Waals surface area (Å²) in [6.07, 6.45) is 4.66. The van der Waals surface area contributed by atoms with Gasteiger partial charge in [-0.05, 0) is 60.4 Å². The second-order valence-electron chi connectivity index (χ2n) is 5.73. The maximum atomic E-state index is 5.80. The third-order valence-electron chi connectivity index (χ3n) is 4.41. The zero-order chi connectivity index (χ0) is 13.9. The van der Waals surface area contributed by atoms with Gasteiger partial charge in [0.05, 0.1) is 0 Å². The Balaban J connectivity index is 1.85. The van der Waals surface area contributed by atoms with Gasteiger partial charge in [-0.25, -0.2) is 0 Å². The number of hydrogen-bond acceptors (Lipinski definition) is 2. The highest BCUT2D eigenvalue weighted by Gasteiger charge is 2.16. The summed E-state index contributed by atoms with van der Waals surface area (Å²) >= 11 is 0. The summed E-state index contributed by atoms with van der Waals surface area (Å²) in [5.41, 5.74) is 9.99. The number of benzene rings is 2. The molecule has 1 aliphatic carbocycles. The number of fused-ring (bicyclic) bond motifs is 1. The van der Waals surface area contributed by atoms with Crippen molar-refractivity contribution >= 4 is 0 Å². The van der Waals surface area contributed by atoms with Gasteiger partial charge in [0.2, 0.25) is 0 Å². The normalized spacial score (nSPS) is 15.1. The lowest BCUT2D eigenvalue weighted by atomic mass is 9.94. The molecule has 1 unspecified atom stereocenters. The second-order valence-corrected chi connectivity index (χ2v) is 5.73. The minimum absolute atomic E-state index is 0.182. The standard InChI is InChI=1S/C18H22N2/c1-13-5-2-3-6-15(13)12-18(20-19)17-10-9-14-7-4-8-16(14)11-17/h2-3,5-6,9-11,18,20H,4,7-8,12,19H2,1H3. The zero-order valence-electron chi connectivity index (χ0n) is 12.0. The minimum Gasteiger partial charge on any atom is -0.271 e. The maximum Gasteiger partial charge on any atom is 0.0500 e. The molecule has 0 bridgehead atoms. The largest absolute Gasteiger partial charge is 0.271 e. The van der Waals surface area contributed by atoms with Crippen LogP contribution in [0.1, 0.15) is 40.3 Å². The van der Waals surface area contributed by atoms with E-state index < -0.39 is 0 Å². The van der Waals surface area contributed by atoms with E-state index in [1.54, 1.807) is 0 Å². The van der Waals surface area contributed by atoms with Gasteiger partial charge >= 0.3 is 0 Å².